The maximum atomic E-state index is 6.10. The molecule has 6 N–H and O–H groups in total. The van der Waals surface area contributed by atoms with Gasteiger partial charge in [-0.05, 0) is 206 Å². The number of nitrogens with two attached hydrogens (primary N) is 3. The highest BCUT2D eigenvalue weighted by molar-refractivity contribution is 7.12. The fraction of sp³-hybridized carbons (Fsp3) is 0.350. The lowest BCUT2D eigenvalue weighted by atomic mass is 10.1. The summed E-state index contributed by atoms with van der Waals surface area (Å²) in [5.41, 5.74) is 24.8. The van der Waals surface area contributed by atoms with Gasteiger partial charge in [0.2, 0.25) is 0 Å². The third-order valence-corrected chi connectivity index (χ3v) is 18.1. The first-order valence-corrected chi connectivity index (χ1v) is 29.3. The third-order valence-electron chi connectivity index (χ3n) is 15.5. The lowest BCUT2D eigenvalue weighted by molar-refractivity contribution is 0.287. The van der Waals surface area contributed by atoms with E-state index < -0.39 is 0 Å². The second-order valence-electron chi connectivity index (χ2n) is 20.4. The fourth-order valence-corrected chi connectivity index (χ4v) is 13.0. The number of benzene rings is 3. The molecule has 0 aliphatic carbocycles. The number of hydrogen-bond acceptors (Lipinski definition) is 9. The van der Waals surface area contributed by atoms with E-state index in [4.69, 9.17) is 17.2 Å². The van der Waals surface area contributed by atoms with E-state index in [1.165, 1.54) is 110 Å². The van der Waals surface area contributed by atoms with Crippen LogP contribution in [0, 0.1) is 0 Å². The summed E-state index contributed by atoms with van der Waals surface area (Å²) in [6.07, 6.45) is 18.2. The molecule has 3 aromatic carbocycles. The van der Waals surface area contributed by atoms with Gasteiger partial charge in [-0.15, -0.1) is 34.0 Å². The van der Waals surface area contributed by atoms with Crippen molar-refractivity contribution in [3.05, 3.63) is 159 Å². The SMILES string of the molecule is CN1CCCC1CCn1ccc2cc(N=C(N)c3cccs3)ccc21.CN1CCCC1CCn1ccc2cc(N=C(N)c3cccs3)ccc21.CN1CCCC1CCn1ccc2cc(N=C(N)c3cccs3)ccc21. The number of likely N-dealkylation sites (tertiary alicyclic amines) is 3. The largest absolute Gasteiger partial charge is 0.383 e. The number of amidine groups is 3. The van der Waals surface area contributed by atoms with Crippen molar-refractivity contribution in [2.45, 2.75) is 95.5 Å². The van der Waals surface area contributed by atoms with Gasteiger partial charge in [0.25, 0.3) is 0 Å². The summed E-state index contributed by atoms with van der Waals surface area (Å²) in [6, 6.07) is 39.7. The van der Waals surface area contributed by atoms with E-state index >= 15 is 0 Å². The highest BCUT2D eigenvalue weighted by Crippen LogP contribution is 2.29. The second-order valence-corrected chi connectivity index (χ2v) is 23.2. The van der Waals surface area contributed by atoms with Gasteiger partial charge in [-0.2, -0.15) is 0 Å². The van der Waals surface area contributed by atoms with Crippen LogP contribution in [-0.4, -0.2) is 105 Å². The Morgan fingerprint density at radius 1 is 0.440 bits per heavy atom. The molecule has 6 aromatic heterocycles. The van der Waals surface area contributed by atoms with Crippen LogP contribution in [0.3, 0.4) is 0 Å². The summed E-state index contributed by atoms with van der Waals surface area (Å²) < 4.78 is 7.08. The number of nitrogens with zero attached hydrogens (tertiary/aromatic N) is 9. The lowest BCUT2D eigenvalue weighted by Gasteiger charge is -2.19. The zero-order valence-electron chi connectivity index (χ0n) is 43.7. The van der Waals surface area contributed by atoms with Gasteiger partial charge in [-0.3, -0.25) is 0 Å². The summed E-state index contributed by atoms with van der Waals surface area (Å²) >= 11 is 4.84. The highest BCUT2D eigenvalue weighted by Gasteiger charge is 2.23. The number of thiophene rings is 3. The van der Waals surface area contributed by atoms with E-state index in [1.807, 2.05) is 52.5 Å². The van der Waals surface area contributed by atoms with Crippen LogP contribution >= 0.6 is 34.0 Å². The first-order valence-electron chi connectivity index (χ1n) is 26.6. The number of fused-ring (bicyclic) bond motifs is 3. The molecule has 3 fully saturated rings. The van der Waals surface area contributed by atoms with E-state index in [2.05, 4.69) is 156 Å². The van der Waals surface area contributed by atoms with Gasteiger partial charge < -0.3 is 45.6 Å². The minimum atomic E-state index is 0.582. The van der Waals surface area contributed by atoms with E-state index in [1.54, 1.807) is 34.0 Å². The van der Waals surface area contributed by atoms with Crippen LogP contribution in [0.1, 0.15) is 72.4 Å². The average Bonchev–Trinajstić information content (AvgIpc) is 4.26. The molecule has 0 bridgehead atoms. The minimum absolute atomic E-state index is 0.582. The van der Waals surface area contributed by atoms with Crippen molar-refractivity contribution < 1.29 is 0 Å². The lowest BCUT2D eigenvalue weighted by Crippen LogP contribution is -2.25. The smallest absolute Gasteiger partial charge is 0.141 e. The monoisotopic (exact) mass is 1060 g/mol. The Morgan fingerprint density at radius 3 is 1.00 bits per heavy atom. The molecule has 12 nitrogen and oxygen atoms in total. The quantitative estimate of drug-likeness (QED) is 0.0690. The van der Waals surface area contributed by atoms with Crippen molar-refractivity contribution in [2.75, 3.05) is 40.8 Å². The Balaban J connectivity index is 0.000000128. The zero-order valence-corrected chi connectivity index (χ0v) is 46.1. The highest BCUT2D eigenvalue weighted by atomic mass is 32.1. The van der Waals surface area contributed by atoms with E-state index in [0.717, 1.165) is 69.5 Å². The van der Waals surface area contributed by atoms with Crippen molar-refractivity contribution in [1.82, 2.24) is 28.4 Å². The molecule has 0 amide bonds. The van der Waals surface area contributed by atoms with Crippen molar-refractivity contribution in [3.63, 3.8) is 0 Å². The third kappa shape index (κ3) is 13.0. The number of rotatable bonds is 15. The van der Waals surface area contributed by atoms with Crippen LogP contribution in [-0.2, 0) is 19.6 Å². The molecule has 0 saturated carbocycles. The van der Waals surface area contributed by atoms with Gasteiger partial charge in [0.15, 0.2) is 0 Å². The maximum Gasteiger partial charge on any atom is 0.141 e. The van der Waals surface area contributed by atoms with Crippen LogP contribution in [0.2, 0.25) is 0 Å². The molecule has 9 aromatic rings. The molecular weight excluding hydrogens is 985 g/mol. The van der Waals surface area contributed by atoms with Gasteiger partial charge in [0, 0.05) is 89.1 Å². The predicted molar refractivity (Wildman–Crippen MR) is 321 cm³/mol. The molecule has 3 aliphatic rings. The van der Waals surface area contributed by atoms with E-state index in [0.29, 0.717) is 17.5 Å². The standard InChI is InChI=1S/3C20H24N4S/c3*1-23-10-2-4-17(23)9-12-24-11-8-15-14-16(6-7-18(15)24)22-20(21)19-5-3-13-25-19/h3*3,5-8,11,13-14,17H,2,4,9-10,12H2,1H3,(H2,21,22). The van der Waals surface area contributed by atoms with Crippen molar-refractivity contribution in [1.29, 1.82) is 0 Å². The summed E-state index contributed by atoms with van der Waals surface area (Å²) in [6.45, 7) is 6.92. The van der Waals surface area contributed by atoms with Crippen LogP contribution in [0.25, 0.3) is 32.7 Å². The molecule has 3 saturated heterocycles. The van der Waals surface area contributed by atoms with Gasteiger partial charge >= 0.3 is 0 Å². The van der Waals surface area contributed by atoms with Gasteiger partial charge in [-0.25, -0.2) is 15.0 Å². The summed E-state index contributed by atoms with van der Waals surface area (Å²) in [7, 11) is 6.73. The van der Waals surface area contributed by atoms with Gasteiger partial charge in [0.1, 0.15) is 17.5 Å². The summed E-state index contributed by atoms with van der Waals surface area (Å²) in [5, 5.41) is 9.72. The van der Waals surface area contributed by atoms with Crippen LogP contribution < -0.4 is 17.2 Å². The normalized spacial score (nSPS) is 19.1. The predicted octanol–water partition coefficient (Wildman–Crippen LogP) is 12.7. The minimum Gasteiger partial charge on any atom is -0.383 e. The van der Waals surface area contributed by atoms with Crippen LogP contribution in [0.15, 0.2) is 159 Å². The van der Waals surface area contributed by atoms with E-state index in [-0.39, 0.29) is 0 Å². The molecule has 12 rings (SSSR count). The first-order chi connectivity index (χ1) is 36.6. The molecule has 0 spiro atoms. The average molecular weight is 1060 g/mol. The Morgan fingerprint density at radius 2 is 0.747 bits per heavy atom. The van der Waals surface area contributed by atoms with Crippen LogP contribution in [0.5, 0.6) is 0 Å². The maximum absolute atomic E-state index is 6.10. The topological polar surface area (TPSA) is 140 Å². The molecular formula is C60H72N12S3. The Hall–Kier alpha value is -6.33. The number of aromatic nitrogens is 3. The molecule has 0 radical (unpaired) electrons. The zero-order chi connectivity index (χ0) is 51.7. The number of aliphatic imine (C=N–C) groups is 3. The van der Waals surface area contributed by atoms with Crippen molar-refractivity contribution in [3.8, 4) is 0 Å². The first kappa shape index (κ1) is 52.1. The molecule has 390 valence electrons. The fourth-order valence-electron chi connectivity index (χ4n) is 11.1. The molecule has 3 aliphatic heterocycles. The summed E-state index contributed by atoms with van der Waals surface area (Å²) in [4.78, 5) is 24.2. The van der Waals surface area contributed by atoms with Crippen molar-refractivity contribution in [2.24, 2.45) is 32.2 Å². The molecule has 75 heavy (non-hydrogen) atoms. The molecule has 9 heterocycles. The van der Waals surface area contributed by atoms with Gasteiger partial charge in [-0.1, -0.05) is 18.2 Å². The van der Waals surface area contributed by atoms with Crippen molar-refractivity contribution >= 4 is 101 Å². The Labute approximate surface area is 454 Å². The second kappa shape index (κ2) is 24.6. The van der Waals surface area contributed by atoms with Crippen LogP contribution in [0.4, 0.5) is 17.1 Å². The number of hydrogen-bond donors (Lipinski definition) is 3. The van der Waals surface area contributed by atoms with Gasteiger partial charge in [0.05, 0.1) is 31.7 Å². The number of aryl methyl sites for hydroxylation is 3. The Kier molecular flexibility index (Phi) is 17.1. The summed E-state index contributed by atoms with van der Waals surface area (Å²) in [5.74, 6) is 1.74. The molecule has 15 heteroatoms. The molecule has 3 unspecified atom stereocenters. The Bertz CT molecular complexity index is 2990. The molecule has 3 atom stereocenters. The van der Waals surface area contributed by atoms with E-state index in [9.17, 15) is 0 Å².